The molecular weight excluding hydrogens is 328 g/mol. The molecule has 2 fully saturated rings. The fraction of sp³-hybridized carbons (Fsp3) is 0.562. The van der Waals surface area contributed by atoms with E-state index in [1.807, 2.05) is 7.05 Å². The van der Waals surface area contributed by atoms with Crippen LogP contribution in [-0.4, -0.2) is 38.7 Å². The number of benzene rings is 1. The van der Waals surface area contributed by atoms with E-state index in [1.54, 1.807) is 0 Å². The number of guanidine groups is 1. The highest BCUT2D eigenvalue weighted by Crippen LogP contribution is 2.26. The highest BCUT2D eigenvalue weighted by molar-refractivity contribution is 9.10. The first-order valence-electron chi connectivity index (χ1n) is 7.72. The van der Waals surface area contributed by atoms with Crippen molar-refractivity contribution in [1.29, 1.82) is 0 Å². The zero-order valence-electron chi connectivity index (χ0n) is 12.5. The first-order valence-corrected chi connectivity index (χ1v) is 8.51. The van der Waals surface area contributed by atoms with Gasteiger partial charge in [0.1, 0.15) is 0 Å². The van der Waals surface area contributed by atoms with Crippen LogP contribution in [0.2, 0.25) is 0 Å². The average molecular weight is 351 g/mol. The van der Waals surface area contributed by atoms with E-state index >= 15 is 0 Å². The van der Waals surface area contributed by atoms with Gasteiger partial charge in [-0.1, -0.05) is 22.0 Å². The van der Waals surface area contributed by atoms with Crippen LogP contribution in [0, 0.1) is 5.92 Å². The second-order valence-electron chi connectivity index (χ2n) is 5.95. The minimum Gasteiger partial charge on any atom is -0.371 e. The molecule has 2 aliphatic rings. The Balaban J connectivity index is 1.48. The van der Waals surface area contributed by atoms with Gasteiger partial charge in [-0.25, -0.2) is 0 Å². The van der Waals surface area contributed by atoms with Crippen molar-refractivity contribution in [3.05, 3.63) is 28.7 Å². The Bertz CT molecular complexity index is 513. The number of hydrogen-bond donors (Lipinski definition) is 2. The normalized spacial score (nSPS) is 22.5. The van der Waals surface area contributed by atoms with Crippen molar-refractivity contribution in [3.63, 3.8) is 0 Å². The number of rotatable bonds is 4. The molecule has 1 aromatic carbocycles. The maximum atomic E-state index is 4.29. The molecule has 0 bridgehead atoms. The summed E-state index contributed by atoms with van der Waals surface area (Å²) in [5.41, 5.74) is 1.31. The van der Waals surface area contributed by atoms with Crippen LogP contribution in [-0.2, 0) is 0 Å². The summed E-state index contributed by atoms with van der Waals surface area (Å²) in [4.78, 5) is 6.76. The average Bonchev–Trinajstić information content (AvgIpc) is 3.18. The van der Waals surface area contributed by atoms with Crippen molar-refractivity contribution in [2.24, 2.45) is 10.9 Å². The summed E-state index contributed by atoms with van der Waals surface area (Å²) in [5.74, 6) is 1.64. The van der Waals surface area contributed by atoms with Gasteiger partial charge < -0.3 is 15.5 Å². The second kappa shape index (κ2) is 6.69. The number of halogens is 1. The topological polar surface area (TPSA) is 39.7 Å². The fourth-order valence-corrected chi connectivity index (χ4v) is 3.15. The number of nitrogens with one attached hydrogen (secondary N) is 2. The standard InChI is InChI=1S/C16H23BrN4/c1-18-16(20-14-5-6-14)19-10-12-7-8-21(11-12)15-4-2-3-13(17)9-15/h2-4,9,12,14H,5-8,10-11H2,1H3,(H2,18,19,20). The molecule has 3 rings (SSSR count). The molecule has 1 aliphatic heterocycles. The van der Waals surface area contributed by atoms with Crippen molar-refractivity contribution in [1.82, 2.24) is 10.6 Å². The first-order chi connectivity index (χ1) is 10.2. The molecule has 2 N–H and O–H groups in total. The molecule has 1 saturated carbocycles. The van der Waals surface area contributed by atoms with E-state index < -0.39 is 0 Å². The Morgan fingerprint density at radius 1 is 1.38 bits per heavy atom. The lowest BCUT2D eigenvalue weighted by molar-refractivity contribution is 0.565. The van der Waals surface area contributed by atoms with Gasteiger partial charge in [-0.3, -0.25) is 4.99 Å². The molecule has 1 heterocycles. The highest BCUT2D eigenvalue weighted by atomic mass is 79.9. The smallest absolute Gasteiger partial charge is 0.191 e. The van der Waals surface area contributed by atoms with Gasteiger partial charge in [0.15, 0.2) is 5.96 Å². The third-order valence-electron chi connectivity index (χ3n) is 4.16. The third kappa shape index (κ3) is 4.13. The van der Waals surface area contributed by atoms with Crippen LogP contribution in [0.15, 0.2) is 33.7 Å². The Morgan fingerprint density at radius 3 is 2.95 bits per heavy atom. The van der Waals surface area contributed by atoms with Crippen LogP contribution in [0.1, 0.15) is 19.3 Å². The largest absolute Gasteiger partial charge is 0.371 e. The minimum absolute atomic E-state index is 0.651. The number of hydrogen-bond acceptors (Lipinski definition) is 2. The Morgan fingerprint density at radius 2 is 2.24 bits per heavy atom. The van der Waals surface area contributed by atoms with Gasteiger partial charge in [0.2, 0.25) is 0 Å². The molecule has 1 aromatic rings. The zero-order chi connectivity index (χ0) is 14.7. The molecule has 1 atom stereocenters. The summed E-state index contributed by atoms with van der Waals surface area (Å²) in [6.07, 6.45) is 3.79. The van der Waals surface area contributed by atoms with Crippen LogP contribution in [0.5, 0.6) is 0 Å². The number of aliphatic imine (C=N–C) groups is 1. The van der Waals surface area contributed by atoms with Gasteiger partial charge in [-0.05, 0) is 43.4 Å². The van der Waals surface area contributed by atoms with Crippen LogP contribution in [0.4, 0.5) is 5.69 Å². The van der Waals surface area contributed by atoms with E-state index in [0.29, 0.717) is 12.0 Å². The minimum atomic E-state index is 0.651. The molecule has 0 amide bonds. The van der Waals surface area contributed by atoms with Crippen LogP contribution in [0.3, 0.4) is 0 Å². The molecule has 1 saturated heterocycles. The van der Waals surface area contributed by atoms with Gasteiger partial charge in [0.05, 0.1) is 0 Å². The Kier molecular flexibility index (Phi) is 4.68. The van der Waals surface area contributed by atoms with E-state index in [1.165, 1.54) is 24.9 Å². The fourth-order valence-electron chi connectivity index (χ4n) is 2.76. The SMILES string of the molecule is CN=C(NCC1CCN(c2cccc(Br)c2)C1)NC1CC1. The second-order valence-corrected chi connectivity index (χ2v) is 6.87. The molecular formula is C16H23BrN4. The lowest BCUT2D eigenvalue weighted by Gasteiger charge is -2.19. The summed E-state index contributed by atoms with van der Waals surface area (Å²) in [6.45, 7) is 3.25. The first kappa shape index (κ1) is 14.7. The molecule has 1 unspecified atom stereocenters. The van der Waals surface area contributed by atoms with Crippen molar-refractivity contribution < 1.29 is 0 Å². The molecule has 0 aromatic heterocycles. The van der Waals surface area contributed by atoms with Crippen LogP contribution < -0.4 is 15.5 Å². The van der Waals surface area contributed by atoms with Crippen molar-refractivity contribution in [2.45, 2.75) is 25.3 Å². The van der Waals surface area contributed by atoms with Gasteiger partial charge in [0.25, 0.3) is 0 Å². The van der Waals surface area contributed by atoms with Crippen molar-refractivity contribution >= 4 is 27.6 Å². The van der Waals surface area contributed by atoms with E-state index in [4.69, 9.17) is 0 Å². The lowest BCUT2D eigenvalue weighted by Crippen LogP contribution is -2.41. The molecule has 0 spiro atoms. The summed E-state index contributed by atoms with van der Waals surface area (Å²) < 4.78 is 1.15. The summed E-state index contributed by atoms with van der Waals surface area (Å²) >= 11 is 3.55. The maximum absolute atomic E-state index is 4.29. The van der Waals surface area contributed by atoms with Gasteiger partial charge in [0, 0.05) is 42.9 Å². The highest BCUT2D eigenvalue weighted by Gasteiger charge is 2.25. The van der Waals surface area contributed by atoms with Gasteiger partial charge in [-0.2, -0.15) is 0 Å². The van der Waals surface area contributed by atoms with Crippen molar-refractivity contribution in [3.8, 4) is 0 Å². The van der Waals surface area contributed by atoms with Crippen LogP contribution >= 0.6 is 15.9 Å². The third-order valence-corrected chi connectivity index (χ3v) is 4.65. The molecule has 4 nitrogen and oxygen atoms in total. The van der Waals surface area contributed by atoms with E-state index in [0.717, 1.165) is 30.1 Å². The monoisotopic (exact) mass is 350 g/mol. The summed E-state index contributed by atoms with van der Waals surface area (Å²) in [5, 5.41) is 6.90. The summed E-state index contributed by atoms with van der Waals surface area (Å²) in [6, 6.07) is 9.22. The van der Waals surface area contributed by atoms with Gasteiger partial charge in [-0.15, -0.1) is 0 Å². The molecule has 114 valence electrons. The van der Waals surface area contributed by atoms with E-state index in [-0.39, 0.29) is 0 Å². The molecule has 1 aliphatic carbocycles. The predicted molar refractivity (Wildman–Crippen MR) is 92.0 cm³/mol. The summed E-state index contributed by atoms with van der Waals surface area (Å²) in [7, 11) is 1.85. The van der Waals surface area contributed by atoms with Gasteiger partial charge >= 0.3 is 0 Å². The molecule has 5 heteroatoms. The Labute approximate surface area is 135 Å². The zero-order valence-corrected chi connectivity index (χ0v) is 14.1. The molecule has 21 heavy (non-hydrogen) atoms. The lowest BCUT2D eigenvalue weighted by atomic mass is 10.1. The van der Waals surface area contributed by atoms with E-state index in [2.05, 4.69) is 60.7 Å². The maximum Gasteiger partial charge on any atom is 0.191 e. The van der Waals surface area contributed by atoms with Crippen molar-refractivity contribution in [2.75, 3.05) is 31.6 Å². The van der Waals surface area contributed by atoms with E-state index in [9.17, 15) is 0 Å². The van der Waals surface area contributed by atoms with Crippen LogP contribution in [0.25, 0.3) is 0 Å². The predicted octanol–water partition coefficient (Wildman–Crippen LogP) is 2.60. The molecule has 0 radical (unpaired) electrons. The number of nitrogens with zero attached hydrogens (tertiary/aromatic N) is 2. The quantitative estimate of drug-likeness (QED) is 0.647. The Hall–Kier alpha value is -1.23. The number of anilines is 1.